The number of nitrogens with zero attached hydrogens (tertiary/aromatic N) is 1. The zero-order chi connectivity index (χ0) is 12.9. The molecule has 0 radical (unpaired) electrons. The van der Waals surface area contributed by atoms with Gasteiger partial charge in [-0.2, -0.15) is 0 Å². The predicted molar refractivity (Wildman–Crippen MR) is 56.3 cm³/mol. The summed E-state index contributed by atoms with van der Waals surface area (Å²) in [6.45, 7) is 1.64. The third kappa shape index (κ3) is 3.85. The lowest BCUT2D eigenvalue weighted by Gasteiger charge is -2.26. The Morgan fingerprint density at radius 3 is 2.19 bits per heavy atom. The van der Waals surface area contributed by atoms with Gasteiger partial charge in [0.25, 0.3) is 0 Å². The zero-order valence-corrected chi connectivity index (χ0v) is 9.34. The lowest BCUT2D eigenvalue weighted by Crippen LogP contribution is -2.50. The molecule has 0 aromatic carbocycles. The van der Waals surface area contributed by atoms with Crippen LogP contribution in [0.5, 0.6) is 0 Å². The van der Waals surface area contributed by atoms with Crippen molar-refractivity contribution in [2.45, 2.75) is 31.8 Å². The minimum Gasteiger partial charge on any atom is -0.480 e. The molecule has 0 saturated carbocycles. The van der Waals surface area contributed by atoms with E-state index in [1.54, 1.807) is 6.92 Å². The normalized spacial score (nSPS) is 13.9. The van der Waals surface area contributed by atoms with Gasteiger partial charge in [0.05, 0.1) is 12.5 Å². The molecule has 7 heteroatoms. The maximum Gasteiger partial charge on any atom is 0.326 e. The van der Waals surface area contributed by atoms with Gasteiger partial charge in [-0.15, -0.1) is 0 Å². The minimum absolute atomic E-state index is 0.265. The number of primary amides is 1. The molecule has 0 bridgehead atoms. The van der Waals surface area contributed by atoms with Crippen molar-refractivity contribution in [1.82, 2.24) is 4.90 Å². The van der Waals surface area contributed by atoms with Crippen molar-refractivity contribution in [2.75, 3.05) is 7.05 Å². The Morgan fingerprint density at radius 1 is 1.38 bits per heavy atom. The molecule has 5 N–H and O–H groups in total. The van der Waals surface area contributed by atoms with E-state index in [2.05, 4.69) is 0 Å². The number of carbonyl (C=O) groups excluding carboxylic acids is 2. The van der Waals surface area contributed by atoms with E-state index in [0.29, 0.717) is 0 Å². The van der Waals surface area contributed by atoms with Crippen LogP contribution in [0.1, 0.15) is 19.8 Å². The second-order valence-corrected chi connectivity index (χ2v) is 3.49. The van der Waals surface area contributed by atoms with Gasteiger partial charge in [-0.05, 0) is 6.42 Å². The fourth-order valence-corrected chi connectivity index (χ4v) is 1.33. The maximum absolute atomic E-state index is 11.6. The van der Waals surface area contributed by atoms with Crippen molar-refractivity contribution in [2.24, 2.45) is 11.5 Å². The number of carboxylic acid groups (broad SMARTS) is 1. The van der Waals surface area contributed by atoms with Gasteiger partial charge in [-0.3, -0.25) is 9.59 Å². The first-order chi connectivity index (χ1) is 7.31. The average molecular weight is 231 g/mol. The minimum atomic E-state index is -1.11. The van der Waals surface area contributed by atoms with E-state index in [0.717, 1.165) is 4.90 Å². The number of nitrogens with two attached hydrogens (primary N) is 2. The summed E-state index contributed by atoms with van der Waals surface area (Å²) in [7, 11) is 1.34. The first-order valence-corrected chi connectivity index (χ1v) is 4.84. The van der Waals surface area contributed by atoms with Crippen molar-refractivity contribution in [3.05, 3.63) is 0 Å². The molecular weight excluding hydrogens is 214 g/mol. The highest BCUT2D eigenvalue weighted by molar-refractivity contribution is 5.90. The number of hydrogen-bond acceptors (Lipinski definition) is 4. The summed E-state index contributed by atoms with van der Waals surface area (Å²) < 4.78 is 0. The second-order valence-electron chi connectivity index (χ2n) is 3.49. The summed E-state index contributed by atoms with van der Waals surface area (Å²) >= 11 is 0. The van der Waals surface area contributed by atoms with Crippen LogP contribution in [0, 0.1) is 0 Å². The van der Waals surface area contributed by atoms with Gasteiger partial charge >= 0.3 is 5.97 Å². The van der Waals surface area contributed by atoms with Gasteiger partial charge in [-0.25, -0.2) is 4.79 Å². The lowest BCUT2D eigenvalue weighted by atomic mass is 10.1. The standard InChI is InChI=1S/C9H17N3O4/c1-3-6(9(15)16)12(2)8(14)5(10)4-7(11)13/h5-6H,3-4,10H2,1-2H3,(H2,11,13)(H,15,16). The highest BCUT2D eigenvalue weighted by atomic mass is 16.4. The van der Waals surface area contributed by atoms with Crippen molar-refractivity contribution in [3.8, 4) is 0 Å². The molecule has 2 unspecified atom stereocenters. The van der Waals surface area contributed by atoms with Gasteiger partial charge in [0.1, 0.15) is 6.04 Å². The van der Waals surface area contributed by atoms with Crippen LogP contribution < -0.4 is 11.5 Å². The number of carboxylic acids is 1. The Morgan fingerprint density at radius 2 is 1.88 bits per heavy atom. The van der Waals surface area contributed by atoms with Gasteiger partial charge < -0.3 is 21.5 Å². The molecule has 0 spiro atoms. The number of aliphatic carboxylic acids is 1. The molecule has 7 nitrogen and oxygen atoms in total. The summed E-state index contributed by atoms with van der Waals surface area (Å²) in [6, 6.07) is -2.03. The van der Waals surface area contributed by atoms with Gasteiger partial charge in [0, 0.05) is 7.05 Å². The summed E-state index contributed by atoms with van der Waals surface area (Å²) in [4.78, 5) is 34.0. The summed E-state index contributed by atoms with van der Waals surface area (Å²) in [5, 5.41) is 8.83. The Bertz CT molecular complexity index is 292. The molecule has 92 valence electrons. The molecule has 0 aliphatic carbocycles. The van der Waals surface area contributed by atoms with Gasteiger partial charge in [-0.1, -0.05) is 6.92 Å². The molecule has 0 rings (SSSR count). The Balaban J connectivity index is 4.58. The Labute approximate surface area is 93.4 Å². The molecule has 0 saturated heterocycles. The van der Waals surface area contributed by atoms with E-state index in [4.69, 9.17) is 16.6 Å². The topological polar surface area (TPSA) is 127 Å². The van der Waals surface area contributed by atoms with E-state index in [1.807, 2.05) is 0 Å². The molecule has 2 amide bonds. The monoisotopic (exact) mass is 231 g/mol. The second kappa shape index (κ2) is 6.06. The number of amides is 2. The number of rotatable bonds is 6. The van der Waals surface area contributed by atoms with Crippen LogP contribution in [0.4, 0.5) is 0 Å². The molecule has 0 aliphatic heterocycles. The van der Waals surface area contributed by atoms with Crippen molar-refractivity contribution in [1.29, 1.82) is 0 Å². The first-order valence-electron chi connectivity index (χ1n) is 4.84. The molecule has 0 aliphatic rings. The number of likely N-dealkylation sites (N-methyl/N-ethyl adjacent to an activating group) is 1. The third-order valence-electron chi connectivity index (χ3n) is 2.23. The number of hydrogen-bond donors (Lipinski definition) is 3. The van der Waals surface area contributed by atoms with Crippen LogP contribution in [-0.2, 0) is 14.4 Å². The quantitative estimate of drug-likeness (QED) is 0.513. The fourth-order valence-electron chi connectivity index (χ4n) is 1.33. The van der Waals surface area contributed by atoms with Crippen molar-refractivity contribution < 1.29 is 19.5 Å². The zero-order valence-electron chi connectivity index (χ0n) is 9.34. The smallest absolute Gasteiger partial charge is 0.326 e. The van der Waals surface area contributed by atoms with E-state index in [1.165, 1.54) is 7.05 Å². The molecule has 2 atom stereocenters. The first kappa shape index (κ1) is 14.4. The molecule has 0 aromatic heterocycles. The van der Waals surface area contributed by atoms with E-state index >= 15 is 0 Å². The Hall–Kier alpha value is -1.63. The molecule has 16 heavy (non-hydrogen) atoms. The van der Waals surface area contributed by atoms with Crippen LogP contribution >= 0.6 is 0 Å². The van der Waals surface area contributed by atoms with Gasteiger partial charge in [0.15, 0.2) is 0 Å². The van der Waals surface area contributed by atoms with Crippen LogP contribution in [0.3, 0.4) is 0 Å². The SMILES string of the molecule is CCC(C(=O)O)N(C)C(=O)C(N)CC(N)=O. The molecule has 0 aromatic rings. The van der Waals surface area contributed by atoms with Crippen LogP contribution in [0.25, 0.3) is 0 Å². The van der Waals surface area contributed by atoms with E-state index in [9.17, 15) is 14.4 Å². The van der Waals surface area contributed by atoms with Crippen molar-refractivity contribution in [3.63, 3.8) is 0 Å². The Kier molecular flexibility index (Phi) is 5.44. The van der Waals surface area contributed by atoms with E-state index < -0.39 is 29.9 Å². The number of carbonyl (C=O) groups is 3. The third-order valence-corrected chi connectivity index (χ3v) is 2.23. The summed E-state index contributed by atoms with van der Waals surface area (Å²) in [5.74, 6) is -2.41. The van der Waals surface area contributed by atoms with Crippen LogP contribution in [0.2, 0.25) is 0 Å². The predicted octanol–water partition coefficient (Wildman–Crippen LogP) is -1.49. The molecule has 0 heterocycles. The van der Waals surface area contributed by atoms with Crippen LogP contribution in [-0.4, -0.2) is 46.9 Å². The molecular formula is C9H17N3O4. The fraction of sp³-hybridized carbons (Fsp3) is 0.667. The molecule has 0 fully saturated rings. The highest BCUT2D eigenvalue weighted by Crippen LogP contribution is 2.05. The maximum atomic E-state index is 11.6. The summed E-state index contributed by atoms with van der Waals surface area (Å²) in [6.07, 6.45) is -0.0277. The summed E-state index contributed by atoms with van der Waals surface area (Å²) in [5.41, 5.74) is 10.3. The average Bonchev–Trinajstić information content (AvgIpc) is 2.15. The van der Waals surface area contributed by atoms with Crippen LogP contribution in [0.15, 0.2) is 0 Å². The van der Waals surface area contributed by atoms with Crippen molar-refractivity contribution >= 4 is 17.8 Å². The largest absolute Gasteiger partial charge is 0.480 e. The highest BCUT2D eigenvalue weighted by Gasteiger charge is 2.28. The van der Waals surface area contributed by atoms with E-state index in [-0.39, 0.29) is 12.8 Å². The van der Waals surface area contributed by atoms with Gasteiger partial charge in [0.2, 0.25) is 11.8 Å². The lowest BCUT2D eigenvalue weighted by molar-refractivity contribution is -0.149.